The topological polar surface area (TPSA) is 64.1 Å². The van der Waals surface area contributed by atoms with Crippen molar-refractivity contribution in [3.05, 3.63) is 60.2 Å². The molecule has 0 amide bonds. The minimum Gasteiger partial charge on any atom is -1.00 e. The summed E-state index contributed by atoms with van der Waals surface area (Å²) in [5, 5.41) is 20.2. The Hall–Kier alpha value is -1.78. The molecule has 2 heterocycles. The maximum atomic E-state index is 8.73. The SMILES string of the molecule is N#Cc1cc[n+](CCC[n+]2ccc(/C=N/O)cc2)cc1.[Br-].[Br-]. The fraction of sp³-hybridized carbons (Fsp3) is 0.200. The van der Waals surface area contributed by atoms with E-state index in [-0.39, 0.29) is 34.0 Å². The first-order valence-electron chi connectivity index (χ1n) is 6.37. The minimum atomic E-state index is 0. The predicted octanol–water partition coefficient (Wildman–Crippen LogP) is -4.96. The second-order valence-corrected chi connectivity index (χ2v) is 4.40. The number of nitrogens with zero attached hydrogens (tertiary/aromatic N) is 4. The van der Waals surface area contributed by atoms with Gasteiger partial charge in [0.1, 0.15) is 0 Å². The van der Waals surface area contributed by atoms with Gasteiger partial charge in [-0.1, -0.05) is 5.16 Å². The van der Waals surface area contributed by atoms with Gasteiger partial charge in [0.25, 0.3) is 0 Å². The van der Waals surface area contributed by atoms with Gasteiger partial charge in [-0.2, -0.15) is 5.26 Å². The molecule has 0 aliphatic heterocycles. The van der Waals surface area contributed by atoms with Crippen LogP contribution in [-0.2, 0) is 13.1 Å². The summed E-state index contributed by atoms with van der Waals surface area (Å²) in [5.41, 5.74) is 1.54. The second-order valence-electron chi connectivity index (χ2n) is 4.40. The van der Waals surface area contributed by atoms with Crippen LogP contribution in [0.25, 0.3) is 0 Å². The molecule has 5 nitrogen and oxygen atoms in total. The van der Waals surface area contributed by atoms with Crippen LogP contribution in [0.4, 0.5) is 0 Å². The molecule has 0 spiro atoms. The summed E-state index contributed by atoms with van der Waals surface area (Å²) in [6.07, 6.45) is 10.2. The van der Waals surface area contributed by atoms with Crippen LogP contribution in [0.3, 0.4) is 0 Å². The van der Waals surface area contributed by atoms with Crippen molar-refractivity contribution in [2.45, 2.75) is 19.5 Å². The van der Waals surface area contributed by atoms with Gasteiger partial charge in [-0.3, -0.25) is 0 Å². The van der Waals surface area contributed by atoms with E-state index in [1.54, 1.807) is 0 Å². The fourth-order valence-corrected chi connectivity index (χ4v) is 1.89. The largest absolute Gasteiger partial charge is 1.00 e. The number of hydrogen-bond donors (Lipinski definition) is 1. The molecular formula is C15H16Br2N4O. The lowest BCUT2D eigenvalue weighted by atomic mass is 10.3. The summed E-state index contributed by atoms with van der Waals surface area (Å²) in [6, 6.07) is 9.53. The zero-order valence-corrected chi connectivity index (χ0v) is 15.0. The molecule has 0 fully saturated rings. The molecule has 0 aliphatic rings. The maximum Gasteiger partial charge on any atom is 0.170 e. The fourth-order valence-electron chi connectivity index (χ4n) is 1.89. The molecule has 0 aromatic carbocycles. The van der Waals surface area contributed by atoms with Crippen molar-refractivity contribution >= 4 is 6.21 Å². The van der Waals surface area contributed by atoms with Gasteiger partial charge in [0.2, 0.25) is 0 Å². The highest BCUT2D eigenvalue weighted by Crippen LogP contribution is 1.93. The molecule has 1 N–H and O–H groups in total. The molecule has 0 aliphatic carbocycles. The lowest BCUT2D eigenvalue weighted by molar-refractivity contribution is -0.726. The van der Waals surface area contributed by atoms with Crippen LogP contribution in [0.5, 0.6) is 0 Å². The summed E-state index contributed by atoms with van der Waals surface area (Å²) >= 11 is 0. The minimum absolute atomic E-state index is 0. The number of halogens is 2. The first-order chi connectivity index (χ1) is 9.81. The molecule has 0 saturated carbocycles. The first kappa shape index (κ1) is 20.2. The number of pyridine rings is 2. The van der Waals surface area contributed by atoms with E-state index in [0.717, 1.165) is 25.1 Å². The number of nitriles is 1. The molecular weight excluding hydrogens is 412 g/mol. The molecule has 116 valence electrons. The first-order valence-corrected chi connectivity index (χ1v) is 6.37. The predicted molar refractivity (Wildman–Crippen MR) is 72.0 cm³/mol. The van der Waals surface area contributed by atoms with E-state index in [2.05, 4.69) is 20.4 Å². The summed E-state index contributed by atoms with van der Waals surface area (Å²) in [5.74, 6) is 0. The van der Waals surface area contributed by atoms with E-state index < -0.39 is 0 Å². The lowest BCUT2D eigenvalue weighted by Crippen LogP contribution is -3.00. The third kappa shape index (κ3) is 6.33. The Labute approximate surface area is 150 Å². The van der Waals surface area contributed by atoms with E-state index >= 15 is 0 Å². The smallest absolute Gasteiger partial charge is 0.170 e. The van der Waals surface area contributed by atoms with E-state index in [0.29, 0.717) is 5.56 Å². The molecule has 2 aromatic rings. The van der Waals surface area contributed by atoms with Crippen LogP contribution in [0.15, 0.2) is 54.2 Å². The van der Waals surface area contributed by atoms with Gasteiger partial charge < -0.3 is 39.2 Å². The van der Waals surface area contributed by atoms with Gasteiger partial charge in [0.05, 0.1) is 24.3 Å². The van der Waals surface area contributed by atoms with Crippen molar-refractivity contribution in [3.8, 4) is 6.07 Å². The quantitative estimate of drug-likeness (QED) is 0.225. The van der Waals surface area contributed by atoms with Gasteiger partial charge in [-0.25, -0.2) is 9.13 Å². The Kier molecular flexibility index (Phi) is 10.00. The standard InChI is InChI=1S/C15H15N4O.2BrH/c16-12-14-2-8-18(9-3-14)6-1-7-19-10-4-15(5-11-19)13-17-20;;/h2-5,8-11,13H,1,6-7H2;2*1H/q+1;;/p-1. The lowest BCUT2D eigenvalue weighted by Gasteiger charge is -1.97. The van der Waals surface area contributed by atoms with Gasteiger partial charge in [0, 0.05) is 29.8 Å². The van der Waals surface area contributed by atoms with Crippen molar-refractivity contribution in [1.29, 1.82) is 5.26 Å². The summed E-state index contributed by atoms with van der Waals surface area (Å²) in [4.78, 5) is 0. The number of oxime groups is 1. The molecule has 22 heavy (non-hydrogen) atoms. The Balaban J connectivity index is 0.00000220. The highest BCUT2D eigenvalue weighted by molar-refractivity contribution is 5.78. The molecule has 7 heteroatoms. The van der Waals surface area contributed by atoms with Crippen LogP contribution in [-0.4, -0.2) is 11.4 Å². The Morgan fingerprint density at radius 1 is 1.00 bits per heavy atom. The molecule has 2 aromatic heterocycles. The van der Waals surface area contributed by atoms with Crippen LogP contribution < -0.4 is 43.1 Å². The average Bonchev–Trinajstić information content (AvgIpc) is 2.50. The Morgan fingerprint density at radius 2 is 1.50 bits per heavy atom. The van der Waals surface area contributed by atoms with Crippen LogP contribution in [0.1, 0.15) is 17.5 Å². The maximum absolute atomic E-state index is 8.73. The van der Waals surface area contributed by atoms with Gasteiger partial charge >= 0.3 is 0 Å². The number of aryl methyl sites for hydroxylation is 2. The van der Waals surface area contributed by atoms with Crippen molar-refractivity contribution in [3.63, 3.8) is 0 Å². The number of rotatable bonds is 5. The van der Waals surface area contributed by atoms with E-state index in [1.165, 1.54) is 6.21 Å². The summed E-state index contributed by atoms with van der Waals surface area (Å²) in [6.45, 7) is 1.81. The van der Waals surface area contributed by atoms with Crippen LogP contribution in [0.2, 0.25) is 0 Å². The van der Waals surface area contributed by atoms with Crippen molar-refractivity contribution in [2.24, 2.45) is 5.16 Å². The molecule has 0 atom stereocenters. The highest BCUT2D eigenvalue weighted by atomic mass is 79.9. The number of hydrogen-bond acceptors (Lipinski definition) is 3. The molecule has 0 unspecified atom stereocenters. The Morgan fingerprint density at radius 3 is 1.95 bits per heavy atom. The normalized spacial score (nSPS) is 9.59. The van der Waals surface area contributed by atoms with E-state index in [1.807, 2.05) is 49.1 Å². The second kappa shape index (κ2) is 10.9. The molecule has 0 radical (unpaired) electrons. The zero-order chi connectivity index (χ0) is 14.2. The molecule has 0 bridgehead atoms. The van der Waals surface area contributed by atoms with Crippen molar-refractivity contribution in [2.75, 3.05) is 0 Å². The Bertz CT molecular complexity index is 621. The van der Waals surface area contributed by atoms with Gasteiger partial charge in [-0.05, 0) is 0 Å². The molecule has 0 saturated heterocycles. The zero-order valence-electron chi connectivity index (χ0n) is 11.8. The van der Waals surface area contributed by atoms with Gasteiger partial charge in [-0.15, -0.1) is 0 Å². The third-order valence-electron chi connectivity index (χ3n) is 2.98. The van der Waals surface area contributed by atoms with Gasteiger partial charge in [0.15, 0.2) is 37.9 Å². The van der Waals surface area contributed by atoms with Crippen LogP contribution in [0, 0.1) is 11.3 Å². The van der Waals surface area contributed by atoms with E-state index in [4.69, 9.17) is 10.5 Å². The summed E-state index contributed by atoms with van der Waals surface area (Å²) < 4.78 is 4.15. The third-order valence-corrected chi connectivity index (χ3v) is 2.98. The highest BCUT2D eigenvalue weighted by Gasteiger charge is 2.04. The van der Waals surface area contributed by atoms with Crippen molar-refractivity contribution in [1.82, 2.24) is 0 Å². The summed E-state index contributed by atoms with van der Waals surface area (Å²) in [7, 11) is 0. The van der Waals surface area contributed by atoms with Crippen LogP contribution >= 0.6 is 0 Å². The van der Waals surface area contributed by atoms with E-state index in [9.17, 15) is 0 Å². The van der Waals surface area contributed by atoms with Crippen molar-refractivity contribution < 1.29 is 48.3 Å². The average molecular weight is 428 g/mol. The molecule has 2 rings (SSSR count). The number of aromatic nitrogens is 2. The monoisotopic (exact) mass is 426 g/mol.